The number of aromatic nitrogens is 1. The number of hydrogen-bond acceptors (Lipinski definition) is 4. The molecule has 0 saturated heterocycles. The van der Waals surface area contributed by atoms with E-state index in [1.165, 1.54) is 6.07 Å². The minimum atomic E-state index is -0.575. The summed E-state index contributed by atoms with van der Waals surface area (Å²) in [5, 5.41) is 13.0. The average Bonchev–Trinajstić information content (AvgIpc) is 2.58. The van der Waals surface area contributed by atoms with E-state index < -0.39 is 5.82 Å². The van der Waals surface area contributed by atoms with E-state index in [1.54, 1.807) is 0 Å². The summed E-state index contributed by atoms with van der Waals surface area (Å²) in [6.45, 7) is 0. The van der Waals surface area contributed by atoms with Gasteiger partial charge in [-0.05, 0) is 12.1 Å². The standard InChI is InChI=1S/C9H6ClFN2O2/c10-6-2-4(11)1-5(9(6)14)7-3-8(12)15-13-7/h1-3,14H,12H2. The molecule has 78 valence electrons. The van der Waals surface area contributed by atoms with Gasteiger partial charge in [0.15, 0.2) is 0 Å². The Hall–Kier alpha value is -1.75. The van der Waals surface area contributed by atoms with Gasteiger partial charge < -0.3 is 15.4 Å². The Morgan fingerprint density at radius 3 is 2.73 bits per heavy atom. The zero-order valence-electron chi connectivity index (χ0n) is 7.37. The third kappa shape index (κ3) is 1.73. The number of benzene rings is 1. The molecule has 1 heterocycles. The van der Waals surface area contributed by atoms with Crippen molar-refractivity contribution in [3.8, 4) is 17.0 Å². The number of aromatic hydroxyl groups is 1. The summed E-state index contributed by atoms with van der Waals surface area (Å²) in [5.74, 6) is -0.759. The van der Waals surface area contributed by atoms with Crippen LogP contribution in [0.25, 0.3) is 11.3 Å². The first-order valence-corrected chi connectivity index (χ1v) is 4.36. The molecule has 2 aromatic rings. The third-order valence-corrected chi connectivity index (χ3v) is 2.12. The molecule has 0 aliphatic carbocycles. The fourth-order valence-electron chi connectivity index (χ4n) is 1.18. The lowest BCUT2D eigenvalue weighted by Crippen LogP contribution is -1.83. The van der Waals surface area contributed by atoms with Crippen molar-refractivity contribution in [1.82, 2.24) is 5.16 Å². The van der Waals surface area contributed by atoms with Crippen molar-refractivity contribution in [2.24, 2.45) is 0 Å². The molecular formula is C9H6ClFN2O2. The number of hydrogen-bond donors (Lipinski definition) is 2. The highest BCUT2D eigenvalue weighted by atomic mass is 35.5. The predicted octanol–water partition coefficient (Wildman–Crippen LogP) is 2.42. The second kappa shape index (κ2) is 3.43. The number of anilines is 1. The summed E-state index contributed by atoms with van der Waals surface area (Å²) in [4.78, 5) is 0. The molecule has 0 amide bonds. The Kier molecular flexibility index (Phi) is 2.24. The fourth-order valence-corrected chi connectivity index (χ4v) is 1.38. The van der Waals surface area contributed by atoms with Crippen molar-refractivity contribution in [2.45, 2.75) is 0 Å². The maximum absolute atomic E-state index is 13.0. The highest BCUT2D eigenvalue weighted by Gasteiger charge is 2.13. The van der Waals surface area contributed by atoms with Gasteiger partial charge in [-0.1, -0.05) is 16.8 Å². The van der Waals surface area contributed by atoms with Gasteiger partial charge >= 0.3 is 0 Å². The summed E-state index contributed by atoms with van der Waals surface area (Å²) >= 11 is 5.60. The maximum Gasteiger partial charge on any atom is 0.222 e. The molecule has 0 aliphatic rings. The van der Waals surface area contributed by atoms with Gasteiger partial charge in [-0.2, -0.15) is 0 Å². The molecule has 0 spiro atoms. The Bertz CT molecular complexity index is 513. The van der Waals surface area contributed by atoms with Crippen molar-refractivity contribution in [3.63, 3.8) is 0 Å². The van der Waals surface area contributed by atoms with E-state index in [0.717, 1.165) is 12.1 Å². The van der Waals surface area contributed by atoms with Crippen LogP contribution in [0, 0.1) is 5.82 Å². The zero-order chi connectivity index (χ0) is 11.0. The van der Waals surface area contributed by atoms with Crippen LogP contribution in [0.2, 0.25) is 5.02 Å². The van der Waals surface area contributed by atoms with Crippen LogP contribution >= 0.6 is 11.6 Å². The molecule has 0 aliphatic heterocycles. The van der Waals surface area contributed by atoms with E-state index in [1.807, 2.05) is 0 Å². The van der Waals surface area contributed by atoms with Crippen molar-refractivity contribution in [3.05, 3.63) is 29.0 Å². The van der Waals surface area contributed by atoms with E-state index in [2.05, 4.69) is 9.68 Å². The quantitative estimate of drug-likeness (QED) is 0.786. The van der Waals surface area contributed by atoms with Crippen LogP contribution in [0.3, 0.4) is 0 Å². The Morgan fingerprint density at radius 2 is 2.13 bits per heavy atom. The first-order chi connectivity index (χ1) is 7.08. The zero-order valence-corrected chi connectivity index (χ0v) is 8.12. The van der Waals surface area contributed by atoms with E-state index in [9.17, 15) is 9.50 Å². The van der Waals surface area contributed by atoms with Gasteiger partial charge in [-0.15, -0.1) is 0 Å². The third-order valence-electron chi connectivity index (χ3n) is 1.83. The van der Waals surface area contributed by atoms with Gasteiger partial charge in [0, 0.05) is 6.07 Å². The van der Waals surface area contributed by atoms with Gasteiger partial charge in [0.25, 0.3) is 0 Å². The molecule has 3 N–H and O–H groups in total. The lowest BCUT2D eigenvalue weighted by molar-refractivity contribution is 0.437. The van der Waals surface area contributed by atoms with Gasteiger partial charge in [0.2, 0.25) is 5.88 Å². The summed E-state index contributed by atoms with van der Waals surface area (Å²) in [7, 11) is 0. The van der Waals surface area contributed by atoms with E-state index in [4.69, 9.17) is 17.3 Å². The van der Waals surface area contributed by atoms with Gasteiger partial charge in [0.05, 0.1) is 10.6 Å². The molecular weight excluding hydrogens is 223 g/mol. The number of nitrogen functional groups attached to an aromatic ring is 1. The highest BCUT2D eigenvalue weighted by molar-refractivity contribution is 6.32. The lowest BCUT2D eigenvalue weighted by atomic mass is 10.1. The molecule has 0 fully saturated rings. The molecule has 0 saturated carbocycles. The number of halogens is 2. The normalized spacial score (nSPS) is 10.5. The van der Waals surface area contributed by atoms with Crippen LogP contribution in [-0.2, 0) is 0 Å². The smallest absolute Gasteiger partial charge is 0.222 e. The molecule has 0 atom stereocenters. The molecule has 0 radical (unpaired) electrons. The Morgan fingerprint density at radius 1 is 1.40 bits per heavy atom. The van der Waals surface area contributed by atoms with Crippen molar-refractivity contribution in [2.75, 3.05) is 5.73 Å². The summed E-state index contributed by atoms with van der Waals surface area (Å²) in [5.41, 5.74) is 5.67. The second-order valence-corrected chi connectivity index (χ2v) is 3.31. The Balaban J connectivity index is 2.62. The van der Waals surface area contributed by atoms with E-state index in [-0.39, 0.29) is 27.9 Å². The monoisotopic (exact) mass is 228 g/mol. The number of rotatable bonds is 1. The van der Waals surface area contributed by atoms with Gasteiger partial charge in [0.1, 0.15) is 17.3 Å². The molecule has 0 bridgehead atoms. The number of phenolic OH excluding ortho intramolecular Hbond substituents is 1. The van der Waals surface area contributed by atoms with Crippen molar-refractivity contribution < 1.29 is 14.0 Å². The van der Waals surface area contributed by atoms with Crippen LogP contribution < -0.4 is 5.73 Å². The minimum Gasteiger partial charge on any atom is -0.506 e. The maximum atomic E-state index is 13.0. The van der Waals surface area contributed by atoms with Crippen molar-refractivity contribution in [1.29, 1.82) is 0 Å². The fraction of sp³-hybridized carbons (Fsp3) is 0. The number of phenols is 1. The van der Waals surface area contributed by atoms with Gasteiger partial charge in [-0.3, -0.25) is 0 Å². The van der Waals surface area contributed by atoms with Gasteiger partial charge in [-0.25, -0.2) is 4.39 Å². The van der Waals surface area contributed by atoms with Crippen LogP contribution in [0.4, 0.5) is 10.3 Å². The first kappa shape index (κ1) is 9.79. The summed E-state index contributed by atoms with van der Waals surface area (Å²) < 4.78 is 17.6. The number of nitrogens with two attached hydrogens (primary N) is 1. The first-order valence-electron chi connectivity index (χ1n) is 3.98. The van der Waals surface area contributed by atoms with E-state index in [0.29, 0.717) is 0 Å². The van der Waals surface area contributed by atoms with Crippen LogP contribution in [0.5, 0.6) is 5.75 Å². The molecule has 15 heavy (non-hydrogen) atoms. The highest BCUT2D eigenvalue weighted by Crippen LogP contribution is 2.35. The SMILES string of the molecule is Nc1cc(-c2cc(F)cc(Cl)c2O)no1. The predicted molar refractivity (Wildman–Crippen MR) is 53.0 cm³/mol. The minimum absolute atomic E-state index is 0.0739. The Labute approximate surface area is 89.1 Å². The molecule has 4 nitrogen and oxygen atoms in total. The topological polar surface area (TPSA) is 72.3 Å². The van der Waals surface area contributed by atoms with Crippen LogP contribution in [0.1, 0.15) is 0 Å². The average molecular weight is 229 g/mol. The summed E-state index contributed by atoms with van der Waals surface area (Å²) in [6.07, 6.45) is 0. The molecule has 0 unspecified atom stereocenters. The molecule has 2 rings (SSSR count). The lowest BCUT2D eigenvalue weighted by Gasteiger charge is -2.02. The molecule has 1 aromatic heterocycles. The van der Waals surface area contributed by atoms with E-state index >= 15 is 0 Å². The van der Waals surface area contributed by atoms with Crippen LogP contribution in [-0.4, -0.2) is 10.3 Å². The van der Waals surface area contributed by atoms with Crippen molar-refractivity contribution >= 4 is 17.5 Å². The molecule has 6 heteroatoms. The molecule has 1 aromatic carbocycles. The number of nitrogens with zero attached hydrogens (tertiary/aromatic N) is 1. The second-order valence-electron chi connectivity index (χ2n) is 2.90. The van der Waals surface area contributed by atoms with Crippen LogP contribution in [0.15, 0.2) is 22.7 Å². The largest absolute Gasteiger partial charge is 0.506 e. The summed E-state index contributed by atoms with van der Waals surface area (Å²) in [6, 6.07) is 3.47.